The van der Waals surface area contributed by atoms with Crippen LogP contribution in [0.25, 0.3) is 0 Å². The van der Waals surface area contributed by atoms with Crippen LogP contribution in [0.15, 0.2) is 77.7 Å². The van der Waals surface area contributed by atoms with E-state index in [-0.39, 0.29) is 23.4 Å². The van der Waals surface area contributed by atoms with Crippen molar-refractivity contribution in [2.24, 2.45) is 0 Å². The summed E-state index contributed by atoms with van der Waals surface area (Å²) >= 11 is 0. The van der Waals surface area contributed by atoms with Gasteiger partial charge in [0.05, 0.1) is 17.7 Å². The first-order chi connectivity index (χ1) is 19.0. The van der Waals surface area contributed by atoms with Crippen molar-refractivity contribution in [3.8, 4) is 5.75 Å². The molecule has 0 saturated carbocycles. The Hall–Kier alpha value is -3.85. The Morgan fingerprint density at radius 1 is 0.875 bits per heavy atom. The summed E-state index contributed by atoms with van der Waals surface area (Å²) in [6.45, 7) is 8.98. The number of ether oxygens (including phenoxy) is 1. The van der Waals surface area contributed by atoms with Crippen molar-refractivity contribution in [1.82, 2.24) is 10.2 Å². The van der Waals surface area contributed by atoms with Crippen molar-refractivity contribution in [3.63, 3.8) is 0 Å². The topological polar surface area (TPSA) is 96.0 Å². The van der Waals surface area contributed by atoms with E-state index in [1.165, 1.54) is 17.0 Å². The highest BCUT2D eigenvalue weighted by molar-refractivity contribution is 7.92. The lowest BCUT2D eigenvalue weighted by Gasteiger charge is -2.33. The first kappa shape index (κ1) is 30.7. The number of hydrogen-bond donors (Lipinski definition) is 1. The number of nitrogens with zero attached hydrogens (tertiary/aromatic N) is 2. The number of methoxy groups -OCH3 is 1. The van der Waals surface area contributed by atoms with Crippen LogP contribution in [0.1, 0.15) is 43.9 Å². The molecule has 0 aliphatic rings. The second-order valence-corrected chi connectivity index (χ2v) is 12.0. The lowest BCUT2D eigenvalue weighted by Crippen LogP contribution is -2.53. The second kappa shape index (κ2) is 13.5. The summed E-state index contributed by atoms with van der Waals surface area (Å²) in [5.74, 6) is -0.110. The zero-order valence-electron chi connectivity index (χ0n) is 24.0. The minimum absolute atomic E-state index is 0.0813. The molecule has 0 aliphatic heterocycles. The molecule has 9 heteroatoms. The van der Waals surface area contributed by atoms with Gasteiger partial charge in [0.1, 0.15) is 18.3 Å². The Bertz CT molecular complexity index is 1390. The molecule has 2 amide bonds. The van der Waals surface area contributed by atoms with Crippen molar-refractivity contribution in [2.75, 3.05) is 18.0 Å². The van der Waals surface area contributed by atoms with Crippen LogP contribution in [0.3, 0.4) is 0 Å². The summed E-state index contributed by atoms with van der Waals surface area (Å²) in [5, 5.41) is 2.90. The minimum Gasteiger partial charge on any atom is -0.497 e. The van der Waals surface area contributed by atoms with Gasteiger partial charge in [-0.2, -0.15) is 0 Å². The van der Waals surface area contributed by atoms with Gasteiger partial charge in [0.15, 0.2) is 0 Å². The molecule has 0 unspecified atom stereocenters. The number of sulfonamides is 1. The Morgan fingerprint density at radius 2 is 1.43 bits per heavy atom. The van der Waals surface area contributed by atoms with Crippen LogP contribution >= 0.6 is 0 Å². The maximum atomic E-state index is 14.1. The fourth-order valence-electron chi connectivity index (χ4n) is 4.31. The van der Waals surface area contributed by atoms with E-state index >= 15 is 0 Å². The standard InChI is InChI=1S/C31H39N3O5S/c1-7-29(31(36)32-22(2)3)33(20-25-12-16-27(39-6)17-13-25)30(35)21-34(26-14-8-23(4)9-15-26)40(37,38)28-18-10-24(5)11-19-28/h8-19,22,29H,7,20-21H2,1-6H3,(H,32,36)/t29-/m0/s1. The molecule has 1 atom stereocenters. The van der Waals surface area contributed by atoms with Gasteiger partial charge in [0, 0.05) is 12.6 Å². The molecule has 214 valence electrons. The van der Waals surface area contributed by atoms with Crippen LogP contribution < -0.4 is 14.4 Å². The molecule has 0 spiro atoms. The molecule has 0 aliphatic carbocycles. The summed E-state index contributed by atoms with van der Waals surface area (Å²) in [4.78, 5) is 28.8. The number of rotatable bonds is 12. The fraction of sp³-hybridized carbons (Fsp3) is 0.355. The van der Waals surface area contributed by atoms with Crippen LogP contribution in [0.2, 0.25) is 0 Å². The average molecular weight is 566 g/mol. The van der Waals surface area contributed by atoms with Crippen LogP contribution in [-0.2, 0) is 26.2 Å². The highest BCUT2D eigenvalue weighted by Crippen LogP contribution is 2.26. The zero-order valence-corrected chi connectivity index (χ0v) is 24.9. The molecule has 0 radical (unpaired) electrons. The van der Waals surface area contributed by atoms with E-state index in [2.05, 4.69) is 5.32 Å². The minimum atomic E-state index is -4.10. The van der Waals surface area contributed by atoms with E-state index in [4.69, 9.17) is 4.74 Å². The Labute approximate surface area is 238 Å². The predicted octanol–water partition coefficient (Wildman–Crippen LogP) is 4.84. The van der Waals surface area contributed by atoms with Crippen molar-refractivity contribution < 1.29 is 22.7 Å². The maximum Gasteiger partial charge on any atom is 0.264 e. The first-order valence-electron chi connectivity index (χ1n) is 13.3. The number of benzene rings is 3. The van der Waals surface area contributed by atoms with Crippen molar-refractivity contribution in [3.05, 3.63) is 89.5 Å². The molecule has 0 aromatic heterocycles. The number of anilines is 1. The zero-order chi connectivity index (χ0) is 29.4. The van der Waals surface area contributed by atoms with Gasteiger partial charge in [-0.3, -0.25) is 13.9 Å². The molecule has 0 saturated heterocycles. The Morgan fingerprint density at radius 3 is 1.93 bits per heavy atom. The van der Waals surface area contributed by atoms with Crippen LogP contribution in [0.5, 0.6) is 5.75 Å². The largest absolute Gasteiger partial charge is 0.497 e. The third-order valence-corrected chi connectivity index (χ3v) is 8.33. The summed E-state index contributed by atoms with van der Waals surface area (Å²) in [6, 6.07) is 19.8. The summed E-state index contributed by atoms with van der Waals surface area (Å²) in [7, 11) is -2.53. The van der Waals surface area contributed by atoms with Crippen molar-refractivity contribution in [2.45, 2.75) is 64.6 Å². The number of hydrogen-bond acceptors (Lipinski definition) is 5. The SMILES string of the molecule is CC[C@@H](C(=O)NC(C)C)N(Cc1ccc(OC)cc1)C(=O)CN(c1ccc(C)cc1)S(=O)(=O)c1ccc(C)cc1. The van der Waals surface area contributed by atoms with Crippen molar-refractivity contribution >= 4 is 27.5 Å². The van der Waals surface area contributed by atoms with E-state index in [1.807, 2.05) is 46.8 Å². The van der Waals surface area contributed by atoms with Gasteiger partial charge < -0.3 is 15.0 Å². The molecule has 1 N–H and O–H groups in total. The third kappa shape index (κ3) is 7.63. The molecule has 0 fully saturated rings. The smallest absolute Gasteiger partial charge is 0.264 e. The lowest BCUT2D eigenvalue weighted by atomic mass is 10.1. The predicted molar refractivity (Wildman–Crippen MR) is 158 cm³/mol. The Kier molecular flexibility index (Phi) is 10.3. The van der Waals surface area contributed by atoms with Crippen LogP contribution in [0.4, 0.5) is 5.69 Å². The number of amides is 2. The van der Waals surface area contributed by atoms with Gasteiger partial charge in [-0.05, 0) is 76.1 Å². The molecular weight excluding hydrogens is 526 g/mol. The molecule has 0 bridgehead atoms. The normalized spacial score (nSPS) is 12.1. The number of carbonyl (C=O) groups excluding carboxylic acids is 2. The highest BCUT2D eigenvalue weighted by atomic mass is 32.2. The molecule has 0 heterocycles. The lowest BCUT2D eigenvalue weighted by molar-refractivity contribution is -0.140. The van der Waals surface area contributed by atoms with Gasteiger partial charge in [-0.15, -0.1) is 0 Å². The monoisotopic (exact) mass is 565 g/mol. The van der Waals surface area contributed by atoms with Gasteiger partial charge in [-0.25, -0.2) is 8.42 Å². The van der Waals surface area contributed by atoms with E-state index in [9.17, 15) is 18.0 Å². The summed E-state index contributed by atoms with van der Waals surface area (Å²) in [5.41, 5.74) is 3.03. The van der Waals surface area contributed by atoms with E-state index < -0.39 is 28.5 Å². The number of aryl methyl sites for hydroxylation is 2. The van der Waals surface area contributed by atoms with Gasteiger partial charge in [-0.1, -0.05) is 54.4 Å². The first-order valence-corrected chi connectivity index (χ1v) is 14.8. The second-order valence-electron chi connectivity index (χ2n) is 10.1. The third-order valence-electron chi connectivity index (χ3n) is 6.54. The molecule has 40 heavy (non-hydrogen) atoms. The van der Waals surface area contributed by atoms with Gasteiger partial charge in [0.25, 0.3) is 10.0 Å². The molecule has 3 rings (SSSR count). The summed E-state index contributed by atoms with van der Waals surface area (Å²) in [6.07, 6.45) is 0.357. The molecule has 3 aromatic carbocycles. The van der Waals surface area contributed by atoms with E-state index in [1.54, 1.807) is 55.6 Å². The van der Waals surface area contributed by atoms with Crippen LogP contribution in [-0.4, -0.2) is 50.9 Å². The van der Waals surface area contributed by atoms with E-state index in [0.29, 0.717) is 17.9 Å². The highest BCUT2D eigenvalue weighted by Gasteiger charge is 2.33. The van der Waals surface area contributed by atoms with Gasteiger partial charge in [0.2, 0.25) is 11.8 Å². The van der Waals surface area contributed by atoms with Crippen molar-refractivity contribution in [1.29, 1.82) is 0 Å². The average Bonchev–Trinajstić information content (AvgIpc) is 2.92. The number of nitrogens with one attached hydrogen (secondary N) is 1. The molecule has 8 nitrogen and oxygen atoms in total. The Balaban J connectivity index is 2.05. The maximum absolute atomic E-state index is 14.1. The number of carbonyl (C=O) groups is 2. The van der Waals surface area contributed by atoms with Gasteiger partial charge >= 0.3 is 0 Å². The quantitative estimate of drug-likeness (QED) is 0.339. The fourth-order valence-corrected chi connectivity index (χ4v) is 5.72. The summed E-state index contributed by atoms with van der Waals surface area (Å²) < 4.78 is 34.2. The molecule has 3 aromatic rings. The van der Waals surface area contributed by atoms with E-state index in [0.717, 1.165) is 21.0 Å². The molecular formula is C31H39N3O5S. The van der Waals surface area contributed by atoms with Crippen LogP contribution in [0, 0.1) is 13.8 Å².